The van der Waals surface area contributed by atoms with Crippen LogP contribution in [0.15, 0.2) is 42.5 Å². The molecule has 0 bridgehead atoms. The summed E-state index contributed by atoms with van der Waals surface area (Å²) >= 11 is 0. The molecule has 106 valence electrons. The van der Waals surface area contributed by atoms with Gasteiger partial charge in [-0.2, -0.15) is 0 Å². The highest BCUT2D eigenvalue weighted by molar-refractivity contribution is 5.86. The van der Waals surface area contributed by atoms with Gasteiger partial charge in [-0.3, -0.25) is 0 Å². The Balaban J connectivity index is 1.79. The first-order valence-electron chi connectivity index (χ1n) is 7.41. The quantitative estimate of drug-likeness (QED) is 0.878. The number of benzene rings is 2. The molecule has 1 fully saturated rings. The van der Waals surface area contributed by atoms with Gasteiger partial charge in [0.05, 0.1) is 6.10 Å². The number of fused-ring (bicyclic) bond motifs is 1. The average molecular weight is 270 g/mol. The molecule has 3 nitrogen and oxygen atoms in total. The lowest BCUT2D eigenvalue weighted by molar-refractivity contribution is 0.107. The molecule has 2 aromatic carbocycles. The van der Waals surface area contributed by atoms with Gasteiger partial charge >= 0.3 is 0 Å². The highest BCUT2D eigenvalue weighted by atomic mass is 16.5. The van der Waals surface area contributed by atoms with Crippen LogP contribution in [-0.2, 0) is 4.74 Å². The first-order valence-corrected chi connectivity index (χ1v) is 7.41. The van der Waals surface area contributed by atoms with Gasteiger partial charge in [0.15, 0.2) is 0 Å². The first-order chi connectivity index (χ1) is 9.88. The fourth-order valence-corrected chi connectivity index (χ4v) is 2.95. The minimum absolute atomic E-state index is 0.185. The van der Waals surface area contributed by atoms with Crippen LogP contribution < -0.4 is 11.1 Å². The maximum absolute atomic E-state index is 5.98. The van der Waals surface area contributed by atoms with Crippen LogP contribution in [-0.4, -0.2) is 25.8 Å². The van der Waals surface area contributed by atoms with Crippen LogP contribution in [0.1, 0.15) is 24.4 Å². The molecule has 0 amide bonds. The predicted molar refractivity (Wildman–Crippen MR) is 82.7 cm³/mol. The Kier molecular flexibility index (Phi) is 4.31. The molecule has 3 heteroatoms. The topological polar surface area (TPSA) is 47.3 Å². The Hall–Kier alpha value is -1.42. The Morgan fingerprint density at radius 3 is 2.85 bits per heavy atom. The highest BCUT2D eigenvalue weighted by Gasteiger charge is 2.18. The van der Waals surface area contributed by atoms with Crippen molar-refractivity contribution in [2.75, 3.05) is 19.7 Å². The Morgan fingerprint density at radius 1 is 1.20 bits per heavy atom. The molecule has 2 aromatic rings. The molecule has 2 unspecified atom stereocenters. The SMILES string of the molecule is NCC(NCC1CCCO1)c1cccc2ccccc12. The van der Waals surface area contributed by atoms with E-state index in [4.69, 9.17) is 10.5 Å². The summed E-state index contributed by atoms with van der Waals surface area (Å²) in [5.41, 5.74) is 7.26. The molecule has 1 heterocycles. The van der Waals surface area contributed by atoms with E-state index in [2.05, 4.69) is 47.8 Å². The lowest BCUT2D eigenvalue weighted by atomic mass is 9.98. The third-order valence-corrected chi connectivity index (χ3v) is 4.05. The van der Waals surface area contributed by atoms with Gasteiger partial charge < -0.3 is 15.8 Å². The molecule has 0 aromatic heterocycles. The van der Waals surface area contributed by atoms with Gasteiger partial charge in [-0.05, 0) is 29.2 Å². The van der Waals surface area contributed by atoms with Gasteiger partial charge in [-0.1, -0.05) is 42.5 Å². The van der Waals surface area contributed by atoms with Gasteiger partial charge in [0.25, 0.3) is 0 Å². The summed E-state index contributed by atoms with van der Waals surface area (Å²) in [4.78, 5) is 0. The van der Waals surface area contributed by atoms with Gasteiger partial charge in [0.1, 0.15) is 0 Å². The van der Waals surface area contributed by atoms with Crippen molar-refractivity contribution in [3.8, 4) is 0 Å². The van der Waals surface area contributed by atoms with Crippen LogP contribution >= 0.6 is 0 Å². The van der Waals surface area contributed by atoms with E-state index in [-0.39, 0.29) is 6.04 Å². The van der Waals surface area contributed by atoms with E-state index in [0.29, 0.717) is 12.6 Å². The fourth-order valence-electron chi connectivity index (χ4n) is 2.95. The maximum Gasteiger partial charge on any atom is 0.0700 e. The third kappa shape index (κ3) is 2.85. The van der Waals surface area contributed by atoms with Crippen LogP contribution in [0.4, 0.5) is 0 Å². The van der Waals surface area contributed by atoms with Crippen LogP contribution in [0.2, 0.25) is 0 Å². The van der Waals surface area contributed by atoms with Gasteiger partial charge in [-0.25, -0.2) is 0 Å². The summed E-state index contributed by atoms with van der Waals surface area (Å²) in [6.45, 7) is 2.37. The first kappa shape index (κ1) is 13.6. The van der Waals surface area contributed by atoms with E-state index in [1.54, 1.807) is 0 Å². The molecule has 0 saturated carbocycles. The Labute approximate surface area is 120 Å². The second-order valence-electron chi connectivity index (χ2n) is 5.40. The predicted octanol–water partition coefficient (Wildman–Crippen LogP) is 2.61. The third-order valence-electron chi connectivity index (χ3n) is 4.05. The van der Waals surface area contributed by atoms with Crippen molar-refractivity contribution in [3.63, 3.8) is 0 Å². The van der Waals surface area contributed by atoms with E-state index in [0.717, 1.165) is 19.6 Å². The molecule has 20 heavy (non-hydrogen) atoms. The van der Waals surface area contributed by atoms with E-state index in [1.807, 2.05) is 0 Å². The molecule has 0 aliphatic carbocycles. The van der Waals surface area contributed by atoms with Crippen molar-refractivity contribution >= 4 is 10.8 Å². The van der Waals surface area contributed by atoms with Gasteiger partial charge in [0, 0.05) is 25.7 Å². The van der Waals surface area contributed by atoms with Crippen LogP contribution in [0.25, 0.3) is 10.8 Å². The molecule has 2 atom stereocenters. The van der Waals surface area contributed by atoms with Crippen LogP contribution in [0.3, 0.4) is 0 Å². The lowest BCUT2D eigenvalue weighted by Gasteiger charge is -2.21. The van der Waals surface area contributed by atoms with Crippen molar-refractivity contribution in [1.82, 2.24) is 5.32 Å². The van der Waals surface area contributed by atoms with Crippen LogP contribution in [0, 0.1) is 0 Å². The summed E-state index contributed by atoms with van der Waals surface area (Å²) in [7, 11) is 0. The minimum Gasteiger partial charge on any atom is -0.377 e. The Morgan fingerprint density at radius 2 is 2.05 bits per heavy atom. The maximum atomic E-state index is 5.98. The number of nitrogens with two attached hydrogens (primary N) is 1. The molecule has 3 rings (SSSR count). The molecule has 1 aliphatic rings. The van der Waals surface area contributed by atoms with Crippen LogP contribution in [0.5, 0.6) is 0 Å². The van der Waals surface area contributed by atoms with E-state index in [9.17, 15) is 0 Å². The van der Waals surface area contributed by atoms with Crippen molar-refractivity contribution in [1.29, 1.82) is 0 Å². The Bertz CT molecular complexity index is 558. The molecule has 0 spiro atoms. The molecule has 0 radical (unpaired) electrons. The van der Waals surface area contributed by atoms with Crippen molar-refractivity contribution < 1.29 is 4.74 Å². The summed E-state index contributed by atoms with van der Waals surface area (Å²) in [5, 5.41) is 6.12. The summed E-state index contributed by atoms with van der Waals surface area (Å²) < 4.78 is 5.67. The number of hydrogen-bond acceptors (Lipinski definition) is 3. The molecular weight excluding hydrogens is 248 g/mol. The van der Waals surface area contributed by atoms with E-state index < -0.39 is 0 Å². The monoisotopic (exact) mass is 270 g/mol. The molecule has 1 saturated heterocycles. The van der Waals surface area contributed by atoms with E-state index >= 15 is 0 Å². The number of ether oxygens (including phenoxy) is 1. The second-order valence-corrected chi connectivity index (χ2v) is 5.40. The fraction of sp³-hybridized carbons (Fsp3) is 0.412. The number of hydrogen-bond donors (Lipinski definition) is 2. The van der Waals surface area contributed by atoms with Gasteiger partial charge in [0.2, 0.25) is 0 Å². The standard InChI is InChI=1S/C17H22N2O/c18-11-17(19-12-14-7-4-10-20-14)16-9-3-6-13-5-1-2-8-15(13)16/h1-3,5-6,8-9,14,17,19H,4,7,10-12,18H2. The smallest absolute Gasteiger partial charge is 0.0700 e. The van der Waals surface area contributed by atoms with E-state index in [1.165, 1.54) is 22.8 Å². The normalized spacial score (nSPS) is 20.4. The molecule has 1 aliphatic heterocycles. The summed E-state index contributed by atoms with van der Waals surface area (Å²) in [6, 6.07) is 15.1. The molecular formula is C17H22N2O. The highest BCUT2D eigenvalue weighted by Crippen LogP contribution is 2.24. The summed E-state index contributed by atoms with van der Waals surface area (Å²) in [6.07, 6.45) is 2.67. The zero-order valence-corrected chi connectivity index (χ0v) is 11.7. The lowest BCUT2D eigenvalue weighted by Crippen LogP contribution is -2.34. The second kappa shape index (κ2) is 6.35. The zero-order valence-electron chi connectivity index (χ0n) is 11.7. The van der Waals surface area contributed by atoms with Crippen molar-refractivity contribution in [2.45, 2.75) is 25.0 Å². The van der Waals surface area contributed by atoms with Gasteiger partial charge in [-0.15, -0.1) is 0 Å². The number of nitrogens with one attached hydrogen (secondary N) is 1. The van der Waals surface area contributed by atoms with Crippen molar-refractivity contribution in [3.05, 3.63) is 48.0 Å². The largest absolute Gasteiger partial charge is 0.377 e. The van der Waals surface area contributed by atoms with Crippen molar-refractivity contribution in [2.24, 2.45) is 5.73 Å². The average Bonchev–Trinajstić information content (AvgIpc) is 3.01. The summed E-state index contributed by atoms with van der Waals surface area (Å²) in [5.74, 6) is 0. The number of rotatable bonds is 5. The zero-order chi connectivity index (χ0) is 13.8. The minimum atomic E-state index is 0.185. The molecule has 3 N–H and O–H groups in total.